The van der Waals surface area contributed by atoms with E-state index >= 15 is 0 Å². The Kier molecular flexibility index (Phi) is 3.91. The van der Waals surface area contributed by atoms with Gasteiger partial charge in [-0.2, -0.15) is 14.6 Å². The Bertz CT molecular complexity index is 953. The van der Waals surface area contributed by atoms with Gasteiger partial charge in [0.2, 0.25) is 5.95 Å². The molecule has 1 aliphatic heterocycles. The molecular weight excluding hydrogens is 340 g/mol. The number of hydrogen-bond acceptors (Lipinski definition) is 7. The summed E-state index contributed by atoms with van der Waals surface area (Å²) >= 11 is 0. The van der Waals surface area contributed by atoms with Crippen molar-refractivity contribution in [1.82, 2.24) is 29.8 Å². The minimum absolute atomic E-state index is 0.371. The summed E-state index contributed by atoms with van der Waals surface area (Å²) in [6.07, 6.45) is 6.34. The summed E-state index contributed by atoms with van der Waals surface area (Å²) in [6.45, 7) is 1.83. The Morgan fingerprint density at radius 1 is 0.963 bits per heavy atom. The molecule has 0 bridgehead atoms. The van der Waals surface area contributed by atoms with Crippen LogP contribution in [0.1, 0.15) is 49.0 Å². The molecule has 1 saturated carbocycles. The summed E-state index contributed by atoms with van der Waals surface area (Å²) < 4.78 is 1.97. The summed E-state index contributed by atoms with van der Waals surface area (Å²) in [5.74, 6) is 3.74. The zero-order valence-electron chi connectivity index (χ0n) is 15.8. The number of rotatable bonds is 4. The fourth-order valence-corrected chi connectivity index (χ4v) is 3.75. The van der Waals surface area contributed by atoms with E-state index in [4.69, 9.17) is 5.10 Å². The maximum atomic E-state index is 4.83. The summed E-state index contributed by atoms with van der Waals surface area (Å²) in [4.78, 5) is 13.4. The highest BCUT2D eigenvalue weighted by molar-refractivity contribution is 5.43. The van der Waals surface area contributed by atoms with E-state index in [0.29, 0.717) is 11.8 Å². The molecule has 8 nitrogen and oxygen atoms in total. The Labute approximate surface area is 158 Å². The van der Waals surface area contributed by atoms with Crippen LogP contribution in [0.15, 0.2) is 24.4 Å². The summed E-state index contributed by atoms with van der Waals surface area (Å²) in [5.41, 5.74) is 2.02. The van der Waals surface area contributed by atoms with Gasteiger partial charge in [0.1, 0.15) is 5.82 Å². The largest absolute Gasteiger partial charge is 0.363 e. The molecule has 1 saturated heterocycles. The quantitative estimate of drug-likeness (QED) is 0.703. The van der Waals surface area contributed by atoms with Crippen molar-refractivity contribution < 1.29 is 0 Å². The van der Waals surface area contributed by atoms with Crippen molar-refractivity contribution in [3.63, 3.8) is 0 Å². The highest BCUT2D eigenvalue weighted by Crippen LogP contribution is 2.39. The highest BCUT2D eigenvalue weighted by Gasteiger charge is 2.29. The number of hydrogen-bond donors (Lipinski definition) is 0. The van der Waals surface area contributed by atoms with Gasteiger partial charge >= 0.3 is 0 Å². The smallest absolute Gasteiger partial charge is 0.227 e. The van der Waals surface area contributed by atoms with Crippen LogP contribution in [0.2, 0.25) is 0 Å². The van der Waals surface area contributed by atoms with E-state index in [2.05, 4.69) is 31.1 Å². The van der Waals surface area contributed by atoms with Crippen LogP contribution in [0.5, 0.6) is 0 Å². The first-order chi connectivity index (χ1) is 13.2. The van der Waals surface area contributed by atoms with Crippen molar-refractivity contribution in [3.05, 3.63) is 35.9 Å². The second-order valence-electron chi connectivity index (χ2n) is 7.73. The van der Waals surface area contributed by atoms with Gasteiger partial charge in [0.15, 0.2) is 11.5 Å². The van der Waals surface area contributed by atoms with Gasteiger partial charge in [-0.05, 0) is 43.9 Å². The third-order valence-electron chi connectivity index (χ3n) is 5.53. The van der Waals surface area contributed by atoms with E-state index < -0.39 is 0 Å². The predicted octanol–water partition coefficient (Wildman–Crippen LogP) is 2.24. The highest BCUT2D eigenvalue weighted by atomic mass is 15.4. The summed E-state index contributed by atoms with van der Waals surface area (Å²) in [5, 5.41) is 13.6. The van der Waals surface area contributed by atoms with E-state index in [0.717, 1.165) is 49.2 Å². The van der Waals surface area contributed by atoms with Crippen molar-refractivity contribution in [1.29, 1.82) is 0 Å². The lowest BCUT2D eigenvalue weighted by Gasteiger charge is -2.31. The summed E-state index contributed by atoms with van der Waals surface area (Å²) in [7, 11) is 4.00. The SMILES string of the molecule is CN(C)c1ccnc(N2CCC(c3nnc4ccc(C5CC5)nn34)CC2)n1. The second-order valence-corrected chi connectivity index (χ2v) is 7.73. The van der Waals surface area contributed by atoms with Gasteiger partial charge in [0, 0.05) is 45.2 Å². The molecule has 27 heavy (non-hydrogen) atoms. The van der Waals surface area contributed by atoms with Gasteiger partial charge < -0.3 is 9.80 Å². The number of aromatic nitrogens is 6. The molecule has 0 aromatic carbocycles. The van der Waals surface area contributed by atoms with Gasteiger partial charge in [0.05, 0.1) is 5.69 Å². The zero-order valence-corrected chi connectivity index (χ0v) is 15.8. The first kappa shape index (κ1) is 16.4. The molecule has 0 amide bonds. The normalized spacial score (nSPS) is 18.2. The third-order valence-corrected chi connectivity index (χ3v) is 5.53. The third kappa shape index (κ3) is 3.09. The molecular formula is C19H24N8. The van der Waals surface area contributed by atoms with Crippen molar-refractivity contribution in [2.75, 3.05) is 37.0 Å². The Morgan fingerprint density at radius 3 is 2.52 bits per heavy atom. The monoisotopic (exact) mass is 364 g/mol. The lowest BCUT2D eigenvalue weighted by molar-refractivity contribution is 0.472. The van der Waals surface area contributed by atoms with Gasteiger partial charge in [0.25, 0.3) is 0 Å². The Hall–Kier alpha value is -2.77. The minimum atomic E-state index is 0.371. The van der Waals surface area contributed by atoms with Crippen molar-refractivity contribution in [3.8, 4) is 0 Å². The first-order valence-corrected chi connectivity index (χ1v) is 9.66. The Balaban J connectivity index is 1.34. The van der Waals surface area contributed by atoms with Crippen LogP contribution in [-0.4, -0.2) is 57.0 Å². The molecule has 0 radical (unpaired) electrons. The molecule has 5 rings (SSSR count). The molecule has 0 spiro atoms. The standard InChI is InChI=1S/C19H24N8/c1-25(2)16-7-10-20-19(21-16)26-11-8-14(9-12-26)18-23-22-17-6-5-15(13-3-4-13)24-27(17)18/h5-7,10,13-14H,3-4,8-9,11-12H2,1-2H3. The van der Waals surface area contributed by atoms with Crippen molar-refractivity contribution in [2.45, 2.75) is 37.5 Å². The van der Waals surface area contributed by atoms with E-state index in [-0.39, 0.29) is 0 Å². The van der Waals surface area contributed by atoms with Crippen LogP contribution in [0.4, 0.5) is 11.8 Å². The first-order valence-electron chi connectivity index (χ1n) is 9.66. The van der Waals surface area contributed by atoms with Gasteiger partial charge in [-0.3, -0.25) is 0 Å². The molecule has 3 aromatic heterocycles. The van der Waals surface area contributed by atoms with Crippen LogP contribution in [0.25, 0.3) is 5.65 Å². The molecule has 0 atom stereocenters. The van der Waals surface area contributed by atoms with Crippen LogP contribution in [0.3, 0.4) is 0 Å². The number of anilines is 2. The molecule has 0 N–H and O–H groups in total. The van der Waals surface area contributed by atoms with E-state index in [1.807, 2.05) is 41.8 Å². The number of piperidine rings is 1. The fraction of sp³-hybridized carbons (Fsp3) is 0.526. The average molecular weight is 364 g/mol. The Morgan fingerprint density at radius 2 is 1.78 bits per heavy atom. The summed E-state index contributed by atoms with van der Waals surface area (Å²) in [6, 6.07) is 6.08. The molecule has 2 aliphatic rings. The van der Waals surface area contributed by atoms with Crippen molar-refractivity contribution >= 4 is 17.4 Å². The van der Waals surface area contributed by atoms with Gasteiger partial charge in [-0.1, -0.05) is 0 Å². The molecule has 3 aromatic rings. The van der Waals surface area contributed by atoms with Gasteiger partial charge in [-0.15, -0.1) is 10.2 Å². The number of fused-ring (bicyclic) bond motifs is 1. The molecule has 4 heterocycles. The predicted molar refractivity (Wildman–Crippen MR) is 103 cm³/mol. The average Bonchev–Trinajstić information content (AvgIpc) is 3.47. The van der Waals surface area contributed by atoms with Crippen molar-refractivity contribution in [2.24, 2.45) is 0 Å². The maximum Gasteiger partial charge on any atom is 0.227 e. The van der Waals surface area contributed by atoms with Crippen LogP contribution < -0.4 is 9.80 Å². The van der Waals surface area contributed by atoms with E-state index in [1.54, 1.807) is 0 Å². The van der Waals surface area contributed by atoms with Gasteiger partial charge in [-0.25, -0.2) is 4.98 Å². The molecule has 2 fully saturated rings. The molecule has 0 unspecified atom stereocenters. The lowest BCUT2D eigenvalue weighted by Crippen LogP contribution is -2.35. The van der Waals surface area contributed by atoms with Crippen LogP contribution in [0, 0.1) is 0 Å². The maximum absolute atomic E-state index is 4.83. The zero-order chi connectivity index (χ0) is 18.4. The minimum Gasteiger partial charge on any atom is -0.363 e. The molecule has 140 valence electrons. The molecule has 1 aliphatic carbocycles. The van der Waals surface area contributed by atoms with Crippen LogP contribution in [-0.2, 0) is 0 Å². The number of nitrogens with zero attached hydrogens (tertiary/aromatic N) is 8. The lowest BCUT2D eigenvalue weighted by atomic mass is 9.96. The second kappa shape index (κ2) is 6.44. The van der Waals surface area contributed by atoms with E-state index in [1.165, 1.54) is 18.5 Å². The van der Waals surface area contributed by atoms with E-state index in [9.17, 15) is 0 Å². The topological polar surface area (TPSA) is 75.3 Å². The van der Waals surface area contributed by atoms with Crippen LogP contribution >= 0.6 is 0 Å². The fourth-order valence-electron chi connectivity index (χ4n) is 3.75. The molecule has 8 heteroatoms.